The van der Waals surface area contributed by atoms with Crippen molar-refractivity contribution in [3.63, 3.8) is 0 Å². The first-order chi connectivity index (χ1) is 13.8. The molecule has 2 aromatic rings. The van der Waals surface area contributed by atoms with E-state index in [1.807, 2.05) is 36.5 Å². The molecule has 1 aliphatic heterocycles. The highest BCUT2D eigenvalue weighted by Crippen LogP contribution is 2.18. The Morgan fingerprint density at radius 1 is 1.21 bits per heavy atom. The predicted molar refractivity (Wildman–Crippen MR) is 111 cm³/mol. The molecule has 1 atom stereocenters. The number of hydrogen-bond donors (Lipinski definition) is 1. The summed E-state index contributed by atoms with van der Waals surface area (Å²) in [4.78, 5) is 11.4. The van der Waals surface area contributed by atoms with E-state index in [0.717, 1.165) is 44.2 Å². The molecule has 0 bridgehead atoms. The molecule has 1 fully saturated rings. The number of aliphatic imine (C=N–C) groups is 1. The van der Waals surface area contributed by atoms with Crippen molar-refractivity contribution < 1.29 is 9.47 Å². The summed E-state index contributed by atoms with van der Waals surface area (Å²) in [5, 5.41) is 3.41. The van der Waals surface area contributed by atoms with Gasteiger partial charge in [0, 0.05) is 37.8 Å². The third-order valence-corrected chi connectivity index (χ3v) is 4.80. The highest BCUT2D eigenvalue weighted by atomic mass is 16.5. The molecule has 0 aliphatic carbocycles. The van der Waals surface area contributed by atoms with Crippen LogP contribution >= 0.6 is 0 Å². The van der Waals surface area contributed by atoms with Gasteiger partial charge in [-0.2, -0.15) is 0 Å². The van der Waals surface area contributed by atoms with Crippen molar-refractivity contribution in [2.24, 2.45) is 10.9 Å². The van der Waals surface area contributed by atoms with E-state index in [1.54, 1.807) is 7.11 Å². The van der Waals surface area contributed by atoms with Crippen LogP contribution in [0, 0.1) is 5.92 Å². The van der Waals surface area contributed by atoms with E-state index < -0.39 is 0 Å². The largest absolute Gasteiger partial charge is 0.481 e. The fraction of sp³-hybridized carbons (Fsp3) is 0.455. The summed E-state index contributed by atoms with van der Waals surface area (Å²) in [7, 11) is 1.62. The number of rotatable bonds is 8. The fourth-order valence-corrected chi connectivity index (χ4v) is 3.30. The molecule has 0 spiro atoms. The lowest BCUT2D eigenvalue weighted by Gasteiger charge is -2.21. The van der Waals surface area contributed by atoms with Crippen molar-refractivity contribution in [2.45, 2.75) is 26.5 Å². The number of methoxy groups -OCH3 is 1. The molecular weight excluding hydrogens is 352 g/mol. The van der Waals surface area contributed by atoms with E-state index in [2.05, 4.69) is 34.3 Å². The Morgan fingerprint density at radius 2 is 2.07 bits per heavy atom. The van der Waals surface area contributed by atoms with Crippen molar-refractivity contribution in [1.82, 2.24) is 15.2 Å². The Bertz CT molecular complexity index is 734. The molecule has 0 radical (unpaired) electrons. The number of nitrogens with one attached hydrogen (secondary N) is 1. The van der Waals surface area contributed by atoms with Crippen molar-refractivity contribution >= 4 is 5.96 Å². The quantitative estimate of drug-likeness (QED) is 0.562. The maximum atomic E-state index is 5.94. The summed E-state index contributed by atoms with van der Waals surface area (Å²) in [6, 6.07) is 14.2. The van der Waals surface area contributed by atoms with Gasteiger partial charge in [-0.1, -0.05) is 36.4 Å². The number of guanidine groups is 1. The number of nitrogens with zero attached hydrogens (tertiary/aromatic N) is 3. The predicted octanol–water partition coefficient (Wildman–Crippen LogP) is 3.09. The summed E-state index contributed by atoms with van der Waals surface area (Å²) >= 11 is 0. The second kappa shape index (κ2) is 10.7. The van der Waals surface area contributed by atoms with Gasteiger partial charge in [-0.05, 0) is 24.5 Å². The molecule has 1 N–H and O–H groups in total. The summed E-state index contributed by atoms with van der Waals surface area (Å²) in [6.07, 6.45) is 2.94. The van der Waals surface area contributed by atoms with Crippen LogP contribution in [-0.2, 0) is 17.9 Å². The first kappa shape index (κ1) is 20.1. The number of benzene rings is 1. The Hall–Kier alpha value is -2.60. The minimum absolute atomic E-state index is 0.537. The monoisotopic (exact) mass is 382 g/mol. The van der Waals surface area contributed by atoms with Gasteiger partial charge in [-0.3, -0.25) is 0 Å². The van der Waals surface area contributed by atoms with Crippen LogP contribution in [0.25, 0.3) is 0 Å². The molecule has 3 rings (SSSR count). The SMILES string of the molecule is CCNC(=NCc1ccc(OC)nc1)N1CCC(COCc2ccccc2)C1. The second-order valence-corrected chi connectivity index (χ2v) is 6.98. The van der Waals surface area contributed by atoms with Gasteiger partial charge in [-0.25, -0.2) is 9.98 Å². The van der Waals surface area contributed by atoms with Crippen LogP contribution in [0.1, 0.15) is 24.5 Å². The highest BCUT2D eigenvalue weighted by molar-refractivity contribution is 5.80. The lowest BCUT2D eigenvalue weighted by Crippen LogP contribution is -2.40. The van der Waals surface area contributed by atoms with Gasteiger partial charge in [0.1, 0.15) is 0 Å². The number of pyridine rings is 1. The Kier molecular flexibility index (Phi) is 7.67. The Balaban J connectivity index is 1.49. The molecule has 1 aromatic heterocycles. The van der Waals surface area contributed by atoms with Gasteiger partial charge in [0.15, 0.2) is 5.96 Å². The van der Waals surface area contributed by atoms with Crippen LogP contribution in [0.2, 0.25) is 0 Å². The van der Waals surface area contributed by atoms with Crippen LogP contribution in [0.3, 0.4) is 0 Å². The van der Waals surface area contributed by atoms with Gasteiger partial charge in [0.05, 0.1) is 26.9 Å². The zero-order valence-corrected chi connectivity index (χ0v) is 16.8. The van der Waals surface area contributed by atoms with E-state index in [-0.39, 0.29) is 0 Å². The zero-order valence-electron chi connectivity index (χ0n) is 16.8. The van der Waals surface area contributed by atoms with E-state index in [1.165, 1.54) is 5.56 Å². The van der Waals surface area contributed by atoms with Gasteiger partial charge in [-0.15, -0.1) is 0 Å². The molecule has 0 amide bonds. The average Bonchev–Trinajstić information content (AvgIpc) is 3.21. The topological polar surface area (TPSA) is 59.0 Å². The normalized spacial score (nSPS) is 17.0. The highest BCUT2D eigenvalue weighted by Gasteiger charge is 2.25. The number of aromatic nitrogens is 1. The van der Waals surface area contributed by atoms with Gasteiger partial charge < -0.3 is 19.7 Å². The third kappa shape index (κ3) is 5.96. The van der Waals surface area contributed by atoms with Gasteiger partial charge in [0.25, 0.3) is 0 Å². The molecule has 6 nitrogen and oxygen atoms in total. The minimum atomic E-state index is 0.537. The van der Waals surface area contributed by atoms with E-state index in [0.29, 0.717) is 24.9 Å². The molecule has 6 heteroatoms. The van der Waals surface area contributed by atoms with Crippen LogP contribution in [-0.4, -0.2) is 49.2 Å². The average molecular weight is 383 g/mol. The van der Waals surface area contributed by atoms with Crippen LogP contribution in [0.4, 0.5) is 0 Å². The lowest BCUT2D eigenvalue weighted by molar-refractivity contribution is 0.0906. The molecular formula is C22H30N4O2. The third-order valence-electron chi connectivity index (χ3n) is 4.80. The fourth-order valence-electron chi connectivity index (χ4n) is 3.30. The smallest absolute Gasteiger partial charge is 0.212 e. The Morgan fingerprint density at radius 3 is 2.79 bits per heavy atom. The Labute approximate surface area is 167 Å². The summed E-state index contributed by atoms with van der Waals surface area (Å²) < 4.78 is 11.0. The van der Waals surface area contributed by atoms with E-state index in [9.17, 15) is 0 Å². The molecule has 1 saturated heterocycles. The first-order valence-corrected chi connectivity index (χ1v) is 9.92. The van der Waals surface area contributed by atoms with Gasteiger partial charge in [0.2, 0.25) is 5.88 Å². The van der Waals surface area contributed by atoms with Gasteiger partial charge >= 0.3 is 0 Å². The molecule has 28 heavy (non-hydrogen) atoms. The van der Waals surface area contributed by atoms with Crippen LogP contribution < -0.4 is 10.1 Å². The van der Waals surface area contributed by atoms with Crippen molar-refractivity contribution in [2.75, 3.05) is 33.4 Å². The minimum Gasteiger partial charge on any atom is -0.481 e. The lowest BCUT2D eigenvalue weighted by atomic mass is 10.1. The van der Waals surface area contributed by atoms with Crippen LogP contribution in [0.5, 0.6) is 5.88 Å². The maximum absolute atomic E-state index is 5.94. The zero-order chi connectivity index (χ0) is 19.6. The summed E-state index contributed by atoms with van der Waals surface area (Å²) in [5.74, 6) is 2.12. The van der Waals surface area contributed by atoms with Crippen molar-refractivity contribution in [3.05, 3.63) is 59.8 Å². The molecule has 2 heterocycles. The van der Waals surface area contributed by atoms with Crippen LogP contribution in [0.15, 0.2) is 53.7 Å². The first-order valence-electron chi connectivity index (χ1n) is 9.92. The number of ether oxygens (including phenoxy) is 2. The summed E-state index contributed by atoms with van der Waals surface area (Å²) in [5.41, 5.74) is 2.29. The number of hydrogen-bond acceptors (Lipinski definition) is 4. The molecule has 0 saturated carbocycles. The van der Waals surface area contributed by atoms with Crippen molar-refractivity contribution in [1.29, 1.82) is 0 Å². The molecule has 1 unspecified atom stereocenters. The standard InChI is InChI=1S/C22H30N4O2/c1-3-23-22(25-14-19-9-10-21(27-2)24-13-19)26-12-11-20(15-26)17-28-16-18-7-5-4-6-8-18/h4-10,13,20H,3,11-12,14-17H2,1-2H3,(H,23,25). The molecule has 1 aliphatic rings. The van der Waals surface area contributed by atoms with E-state index >= 15 is 0 Å². The second-order valence-electron chi connectivity index (χ2n) is 6.98. The summed E-state index contributed by atoms with van der Waals surface area (Å²) in [6.45, 7) is 6.99. The molecule has 150 valence electrons. The number of likely N-dealkylation sites (tertiary alicyclic amines) is 1. The maximum Gasteiger partial charge on any atom is 0.212 e. The molecule has 1 aromatic carbocycles. The van der Waals surface area contributed by atoms with E-state index in [4.69, 9.17) is 14.5 Å². The van der Waals surface area contributed by atoms with Crippen molar-refractivity contribution in [3.8, 4) is 5.88 Å².